The van der Waals surface area contributed by atoms with Gasteiger partial charge in [0.1, 0.15) is 11.7 Å². The van der Waals surface area contributed by atoms with Crippen LogP contribution in [0.2, 0.25) is 0 Å². The molecular formula is C24H30N4O2. The van der Waals surface area contributed by atoms with E-state index in [1.165, 1.54) is 12.8 Å². The van der Waals surface area contributed by atoms with Crippen LogP contribution in [-0.4, -0.2) is 28.3 Å². The number of hydrogen-bond donors (Lipinski definition) is 2. The van der Waals surface area contributed by atoms with Gasteiger partial charge in [-0.3, -0.25) is 4.98 Å². The number of alkyl carbamates (subject to hydrolysis) is 1. The van der Waals surface area contributed by atoms with Crippen LogP contribution in [0.4, 0.5) is 10.5 Å². The third kappa shape index (κ3) is 3.34. The Balaban J connectivity index is 1.37. The van der Waals surface area contributed by atoms with Crippen molar-refractivity contribution in [2.24, 2.45) is 17.8 Å². The van der Waals surface area contributed by atoms with E-state index in [4.69, 9.17) is 4.74 Å². The van der Waals surface area contributed by atoms with Crippen LogP contribution >= 0.6 is 0 Å². The van der Waals surface area contributed by atoms with Crippen molar-refractivity contribution in [3.05, 3.63) is 29.1 Å². The number of nitrogens with one attached hydrogen (secondary N) is 2. The molecule has 1 heterocycles. The summed E-state index contributed by atoms with van der Waals surface area (Å²) in [6.45, 7) is 5.71. The summed E-state index contributed by atoms with van der Waals surface area (Å²) in [5, 5.41) is 16.7. The fraction of sp³-hybridized carbons (Fsp3) is 0.625. The molecule has 2 atom stereocenters. The summed E-state index contributed by atoms with van der Waals surface area (Å²) in [7, 11) is 0. The number of carbonyl (C=O) groups is 1. The van der Waals surface area contributed by atoms with Crippen molar-refractivity contribution < 1.29 is 9.53 Å². The van der Waals surface area contributed by atoms with Gasteiger partial charge in [-0.15, -0.1) is 0 Å². The molecule has 5 aliphatic rings. The normalized spacial score (nSPS) is 33.1. The number of rotatable bonds is 3. The number of amides is 1. The van der Waals surface area contributed by atoms with Crippen molar-refractivity contribution in [3.8, 4) is 6.07 Å². The molecule has 4 saturated carbocycles. The largest absolute Gasteiger partial charge is 0.444 e. The van der Waals surface area contributed by atoms with Gasteiger partial charge >= 0.3 is 6.09 Å². The number of anilines is 1. The average Bonchev–Trinajstić information content (AvgIpc) is 3.11. The van der Waals surface area contributed by atoms with Crippen molar-refractivity contribution in [1.29, 1.82) is 5.26 Å². The molecule has 0 saturated heterocycles. The van der Waals surface area contributed by atoms with Crippen molar-refractivity contribution in [2.75, 3.05) is 5.32 Å². The summed E-state index contributed by atoms with van der Waals surface area (Å²) in [6.07, 6.45) is 11.8. The first-order valence-corrected chi connectivity index (χ1v) is 11.1. The zero-order chi connectivity index (χ0) is 21.1. The lowest BCUT2D eigenvalue weighted by Crippen LogP contribution is -2.65. The third-order valence-electron chi connectivity index (χ3n) is 7.27. The molecule has 1 amide bonds. The standard InChI is InChI=1S/C24H30N4O2/c1-23(2,3)30-22(29)28-24-9-14-7-15(10-24)20(16(8-14)11-24)27-21-17(12-25)13-26-19-6-4-5-18(19)21/h4-5,13-16,20H,6-11H2,1-3H3,(H,26,27)(H,28,29). The summed E-state index contributed by atoms with van der Waals surface area (Å²) in [6, 6.07) is 2.66. The molecular weight excluding hydrogens is 376 g/mol. The summed E-state index contributed by atoms with van der Waals surface area (Å²) in [4.78, 5) is 17.0. The van der Waals surface area contributed by atoms with Crippen LogP contribution in [0.25, 0.3) is 6.08 Å². The average molecular weight is 407 g/mol. The molecule has 6 nitrogen and oxygen atoms in total. The Morgan fingerprint density at radius 2 is 2.00 bits per heavy atom. The van der Waals surface area contributed by atoms with E-state index in [0.717, 1.165) is 42.6 Å². The number of hydrogen-bond acceptors (Lipinski definition) is 5. The second kappa shape index (κ2) is 6.73. The Hall–Kier alpha value is -2.55. The number of aromatic nitrogens is 1. The van der Waals surface area contributed by atoms with Crippen LogP contribution in [0.15, 0.2) is 12.3 Å². The quantitative estimate of drug-likeness (QED) is 0.777. The molecule has 4 fully saturated rings. The lowest BCUT2D eigenvalue weighted by molar-refractivity contribution is -0.0348. The number of fused-ring (bicyclic) bond motifs is 1. The van der Waals surface area contributed by atoms with Crippen molar-refractivity contribution in [2.45, 2.75) is 76.5 Å². The van der Waals surface area contributed by atoms with E-state index in [1.807, 2.05) is 20.8 Å². The number of nitrogens with zero attached hydrogens (tertiary/aromatic N) is 2. The van der Waals surface area contributed by atoms with E-state index in [1.54, 1.807) is 6.20 Å². The van der Waals surface area contributed by atoms with Gasteiger partial charge < -0.3 is 15.4 Å². The van der Waals surface area contributed by atoms with Gasteiger partial charge in [-0.25, -0.2) is 4.79 Å². The lowest BCUT2D eigenvalue weighted by atomic mass is 9.51. The number of carbonyl (C=O) groups excluding carboxylic acids is 1. The van der Waals surface area contributed by atoms with Crippen LogP contribution in [0.5, 0.6) is 0 Å². The molecule has 30 heavy (non-hydrogen) atoms. The van der Waals surface area contributed by atoms with Crippen LogP contribution in [-0.2, 0) is 11.2 Å². The fourth-order valence-electron chi connectivity index (χ4n) is 6.54. The third-order valence-corrected chi connectivity index (χ3v) is 7.27. The van der Waals surface area contributed by atoms with E-state index >= 15 is 0 Å². The topological polar surface area (TPSA) is 87.0 Å². The summed E-state index contributed by atoms with van der Waals surface area (Å²) < 4.78 is 5.56. The van der Waals surface area contributed by atoms with Crippen LogP contribution < -0.4 is 10.6 Å². The molecule has 1 aromatic rings. The van der Waals surface area contributed by atoms with Gasteiger partial charge in [-0.1, -0.05) is 12.2 Å². The molecule has 6 heteroatoms. The van der Waals surface area contributed by atoms with Gasteiger partial charge in [0.15, 0.2) is 0 Å². The van der Waals surface area contributed by atoms with E-state index in [0.29, 0.717) is 29.4 Å². The minimum absolute atomic E-state index is 0.144. The predicted molar refractivity (Wildman–Crippen MR) is 115 cm³/mol. The SMILES string of the molecule is CC(C)(C)OC(=O)NC12CC3CC(C1)C(Nc1c(C#N)cnc4c1C=CC4)C(C3)C2. The second-order valence-electron chi connectivity index (χ2n) is 10.7. The molecule has 4 bridgehead atoms. The first-order chi connectivity index (χ1) is 14.3. The molecule has 0 aliphatic heterocycles. The highest BCUT2D eigenvalue weighted by atomic mass is 16.6. The Labute approximate surface area is 178 Å². The van der Waals surface area contributed by atoms with Gasteiger partial charge in [0.2, 0.25) is 0 Å². The van der Waals surface area contributed by atoms with Crippen molar-refractivity contribution >= 4 is 17.9 Å². The zero-order valence-electron chi connectivity index (χ0n) is 18.0. The van der Waals surface area contributed by atoms with Crippen LogP contribution in [0.3, 0.4) is 0 Å². The van der Waals surface area contributed by atoms with E-state index in [9.17, 15) is 10.1 Å². The fourth-order valence-corrected chi connectivity index (χ4v) is 6.54. The van der Waals surface area contributed by atoms with E-state index in [-0.39, 0.29) is 11.6 Å². The molecule has 2 unspecified atom stereocenters. The maximum absolute atomic E-state index is 12.5. The van der Waals surface area contributed by atoms with Crippen LogP contribution in [0.1, 0.15) is 69.7 Å². The number of allylic oxidation sites excluding steroid dienone is 1. The number of ether oxygens (including phenoxy) is 1. The number of pyridine rings is 1. The molecule has 0 aromatic carbocycles. The Kier molecular flexibility index (Phi) is 4.36. The lowest BCUT2D eigenvalue weighted by Gasteiger charge is -2.60. The molecule has 6 rings (SSSR count). The van der Waals surface area contributed by atoms with Gasteiger partial charge in [0.25, 0.3) is 0 Å². The zero-order valence-corrected chi connectivity index (χ0v) is 18.0. The first-order valence-electron chi connectivity index (χ1n) is 11.1. The summed E-state index contributed by atoms with van der Waals surface area (Å²) in [5.74, 6) is 1.65. The van der Waals surface area contributed by atoms with Crippen molar-refractivity contribution in [1.82, 2.24) is 10.3 Å². The molecule has 158 valence electrons. The highest BCUT2D eigenvalue weighted by molar-refractivity contribution is 5.76. The Morgan fingerprint density at radius 3 is 2.67 bits per heavy atom. The second-order valence-corrected chi connectivity index (χ2v) is 10.7. The molecule has 5 aliphatic carbocycles. The highest BCUT2D eigenvalue weighted by Crippen LogP contribution is 2.56. The van der Waals surface area contributed by atoms with E-state index < -0.39 is 5.60 Å². The minimum atomic E-state index is -0.487. The summed E-state index contributed by atoms with van der Waals surface area (Å²) in [5.41, 5.74) is 3.06. The van der Waals surface area contributed by atoms with Gasteiger partial charge in [0.05, 0.1) is 16.9 Å². The molecule has 0 spiro atoms. The smallest absolute Gasteiger partial charge is 0.408 e. The van der Waals surface area contributed by atoms with Gasteiger partial charge in [-0.2, -0.15) is 5.26 Å². The maximum atomic E-state index is 12.5. The molecule has 2 N–H and O–H groups in total. The minimum Gasteiger partial charge on any atom is -0.444 e. The molecule has 0 radical (unpaired) electrons. The Bertz CT molecular complexity index is 939. The first kappa shape index (κ1) is 19.4. The van der Waals surface area contributed by atoms with Crippen LogP contribution in [0, 0.1) is 29.1 Å². The predicted octanol–water partition coefficient (Wildman–Crippen LogP) is 4.41. The number of nitriles is 1. The van der Waals surface area contributed by atoms with Gasteiger partial charge in [0, 0.05) is 29.8 Å². The highest BCUT2D eigenvalue weighted by Gasteiger charge is 2.56. The maximum Gasteiger partial charge on any atom is 0.408 e. The van der Waals surface area contributed by atoms with Crippen molar-refractivity contribution in [3.63, 3.8) is 0 Å². The molecule has 1 aromatic heterocycles. The van der Waals surface area contributed by atoms with Gasteiger partial charge in [-0.05, 0) is 70.6 Å². The monoisotopic (exact) mass is 406 g/mol. The van der Waals surface area contributed by atoms with E-state index in [2.05, 4.69) is 33.8 Å². The Morgan fingerprint density at radius 1 is 1.27 bits per heavy atom. The summed E-state index contributed by atoms with van der Waals surface area (Å²) >= 11 is 0.